The Kier molecular flexibility index (Phi) is 6.34. The van der Waals surface area contributed by atoms with E-state index in [1.807, 2.05) is 0 Å². The lowest BCUT2D eigenvalue weighted by atomic mass is 9.94. The Hall–Kier alpha value is -3.03. The highest BCUT2D eigenvalue weighted by molar-refractivity contribution is 6.46. The number of nitrogens with zero attached hydrogens (tertiary/aromatic N) is 1. The van der Waals surface area contributed by atoms with Gasteiger partial charge in [0.1, 0.15) is 17.3 Å². The summed E-state index contributed by atoms with van der Waals surface area (Å²) in [7, 11) is 2.97. The molecule has 2 aromatic rings. The fourth-order valence-corrected chi connectivity index (χ4v) is 3.61. The fourth-order valence-electron chi connectivity index (χ4n) is 3.48. The van der Waals surface area contributed by atoms with Crippen molar-refractivity contribution in [2.24, 2.45) is 0 Å². The second-order valence-electron chi connectivity index (χ2n) is 6.92. The zero-order valence-electron chi connectivity index (χ0n) is 16.8. The van der Waals surface area contributed by atoms with Gasteiger partial charge in [0.05, 0.1) is 31.9 Å². The van der Waals surface area contributed by atoms with Crippen LogP contribution in [0.25, 0.3) is 5.76 Å². The first kappa shape index (κ1) is 21.7. The third-order valence-electron chi connectivity index (χ3n) is 4.85. The predicted octanol–water partition coefficient (Wildman–Crippen LogP) is 3.16. The second kappa shape index (κ2) is 8.77. The van der Waals surface area contributed by atoms with Crippen LogP contribution in [-0.4, -0.2) is 53.7 Å². The summed E-state index contributed by atoms with van der Waals surface area (Å²) >= 11 is 5.92. The first-order valence-corrected chi connectivity index (χ1v) is 9.60. The van der Waals surface area contributed by atoms with Gasteiger partial charge in [-0.1, -0.05) is 11.6 Å². The summed E-state index contributed by atoms with van der Waals surface area (Å²) in [4.78, 5) is 26.9. The monoisotopic (exact) mass is 431 g/mol. The smallest absolute Gasteiger partial charge is 0.295 e. The Morgan fingerprint density at radius 2 is 1.80 bits per heavy atom. The molecule has 1 saturated heterocycles. The predicted molar refractivity (Wildman–Crippen MR) is 112 cm³/mol. The van der Waals surface area contributed by atoms with Gasteiger partial charge < -0.3 is 24.6 Å². The van der Waals surface area contributed by atoms with Gasteiger partial charge in [-0.2, -0.15) is 0 Å². The molecular weight excluding hydrogens is 410 g/mol. The van der Waals surface area contributed by atoms with Crippen LogP contribution in [-0.2, 0) is 9.59 Å². The summed E-state index contributed by atoms with van der Waals surface area (Å²) < 4.78 is 10.7. The Labute approximate surface area is 179 Å². The minimum Gasteiger partial charge on any atom is -0.507 e. The van der Waals surface area contributed by atoms with Gasteiger partial charge in [0.15, 0.2) is 0 Å². The minimum absolute atomic E-state index is 0.0913. The van der Waals surface area contributed by atoms with E-state index in [0.717, 1.165) is 0 Å². The molecule has 0 aromatic heterocycles. The van der Waals surface area contributed by atoms with E-state index in [0.29, 0.717) is 27.6 Å². The average molecular weight is 432 g/mol. The maximum absolute atomic E-state index is 12.9. The van der Waals surface area contributed by atoms with E-state index >= 15 is 0 Å². The summed E-state index contributed by atoms with van der Waals surface area (Å²) in [5.74, 6) is -1.08. The number of amides is 1. The topological polar surface area (TPSA) is 96.3 Å². The molecule has 3 rings (SSSR count). The largest absolute Gasteiger partial charge is 0.507 e. The van der Waals surface area contributed by atoms with Crippen LogP contribution in [0.2, 0.25) is 5.02 Å². The fraction of sp³-hybridized carbons (Fsp3) is 0.273. The molecule has 1 fully saturated rings. The van der Waals surface area contributed by atoms with Crippen LogP contribution >= 0.6 is 11.6 Å². The number of aliphatic hydroxyl groups is 2. The van der Waals surface area contributed by atoms with E-state index in [1.165, 1.54) is 26.0 Å². The van der Waals surface area contributed by atoms with Gasteiger partial charge in [0.25, 0.3) is 11.7 Å². The second-order valence-corrected chi connectivity index (χ2v) is 7.35. The number of ether oxygens (including phenoxy) is 2. The number of benzene rings is 2. The van der Waals surface area contributed by atoms with E-state index in [1.54, 1.807) is 42.5 Å². The first-order valence-electron chi connectivity index (χ1n) is 9.22. The third kappa shape index (κ3) is 3.99. The van der Waals surface area contributed by atoms with Crippen molar-refractivity contribution in [3.05, 3.63) is 64.2 Å². The SMILES string of the molecule is COc1ccc([C@H]2C(=C(O)c3ccc(Cl)cc3)C(=O)C(=O)N2C[C@H](C)O)c(OC)c1. The quantitative estimate of drug-likeness (QED) is 0.414. The van der Waals surface area contributed by atoms with Crippen LogP contribution in [0.15, 0.2) is 48.0 Å². The highest BCUT2D eigenvalue weighted by atomic mass is 35.5. The highest BCUT2D eigenvalue weighted by Gasteiger charge is 2.47. The summed E-state index contributed by atoms with van der Waals surface area (Å²) in [6.07, 6.45) is -0.884. The van der Waals surface area contributed by atoms with Crippen molar-refractivity contribution in [2.75, 3.05) is 20.8 Å². The number of carbonyl (C=O) groups is 2. The van der Waals surface area contributed by atoms with Crippen molar-refractivity contribution in [1.82, 2.24) is 4.90 Å². The van der Waals surface area contributed by atoms with Crippen molar-refractivity contribution >= 4 is 29.1 Å². The van der Waals surface area contributed by atoms with E-state index in [-0.39, 0.29) is 17.9 Å². The minimum atomic E-state index is -0.948. The number of ketones is 1. The summed E-state index contributed by atoms with van der Waals surface area (Å²) in [5.41, 5.74) is 0.729. The van der Waals surface area contributed by atoms with Gasteiger partial charge in [0, 0.05) is 28.8 Å². The number of hydrogen-bond acceptors (Lipinski definition) is 6. The molecule has 0 saturated carbocycles. The van der Waals surface area contributed by atoms with E-state index < -0.39 is 23.8 Å². The third-order valence-corrected chi connectivity index (χ3v) is 5.11. The number of likely N-dealkylation sites (tertiary alicyclic amines) is 1. The van der Waals surface area contributed by atoms with Gasteiger partial charge in [-0.3, -0.25) is 9.59 Å². The number of β-amino-alcohol motifs (C(OH)–C–C–N with tert-alkyl or cyclic N) is 1. The molecule has 0 bridgehead atoms. The van der Waals surface area contributed by atoms with Gasteiger partial charge in [-0.25, -0.2) is 0 Å². The Morgan fingerprint density at radius 3 is 2.37 bits per heavy atom. The molecule has 2 N–H and O–H groups in total. The van der Waals surface area contributed by atoms with Gasteiger partial charge >= 0.3 is 0 Å². The van der Waals surface area contributed by atoms with E-state index in [2.05, 4.69) is 0 Å². The van der Waals surface area contributed by atoms with Crippen molar-refractivity contribution in [1.29, 1.82) is 0 Å². The lowest BCUT2D eigenvalue weighted by molar-refractivity contribution is -0.140. The highest BCUT2D eigenvalue weighted by Crippen LogP contribution is 2.43. The number of hydrogen-bond donors (Lipinski definition) is 2. The molecule has 0 unspecified atom stereocenters. The van der Waals surface area contributed by atoms with Crippen LogP contribution in [0.1, 0.15) is 24.1 Å². The zero-order chi connectivity index (χ0) is 22.0. The molecule has 2 aromatic carbocycles. The summed E-state index contributed by atoms with van der Waals surface area (Å²) in [6.45, 7) is 1.42. The number of rotatable bonds is 6. The lowest BCUT2D eigenvalue weighted by Gasteiger charge is -2.27. The number of aliphatic hydroxyl groups excluding tert-OH is 2. The lowest BCUT2D eigenvalue weighted by Crippen LogP contribution is -2.35. The molecule has 158 valence electrons. The molecule has 0 spiro atoms. The normalized spacial score (nSPS) is 19.1. The number of halogens is 1. The molecule has 30 heavy (non-hydrogen) atoms. The van der Waals surface area contributed by atoms with Crippen LogP contribution in [0.5, 0.6) is 11.5 Å². The molecular formula is C22H22ClNO6. The number of methoxy groups -OCH3 is 2. The molecule has 8 heteroatoms. The van der Waals surface area contributed by atoms with Crippen molar-refractivity contribution in [3.8, 4) is 11.5 Å². The van der Waals surface area contributed by atoms with Crippen molar-refractivity contribution < 1.29 is 29.3 Å². The first-order chi connectivity index (χ1) is 14.3. The molecule has 1 heterocycles. The Bertz CT molecular complexity index is 999. The van der Waals surface area contributed by atoms with Crippen LogP contribution in [0.3, 0.4) is 0 Å². The molecule has 0 radical (unpaired) electrons. The number of Topliss-reactive ketones (excluding diaryl/α,β-unsaturated/α-hetero) is 1. The van der Waals surface area contributed by atoms with E-state index in [9.17, 15) is 19.8 Å². The van der Waals surface area contributed by atoms with Crippen LogP contribution in [0.4, 0.5) is 0 Å². The molecule has 1 aliphatic rings. The Morgan fingerprint density at radius 1 is 1.13 bits per heavy atom. The summed E-state index contributed by atoms with van der Waals surface area (Å²) in [6, 6.07) is 10.3. The number of carbonyl (C=O) groups excluding carboxylic acids is 2. The van der Waals surface area contributed by atoms with Gasteiger partial charge in [-0.15, -0.1) is 0 Å². The van der Waals surface area contributed by atoms with Gasteiger partial charge in [-0.05, 0) is 43.3 Å². The van der Waals surface area contributed by atoms with Crippen LogP contribution < -0.4 is 9.47 Å². The maximum atomic E-state index is 12.9. The maximum Gasteiger partial charge on any atom is 0.295 e. The average Bonchev–Trinajstić information content (AvgIpc) is 2.97. The molecule has 2 atom stereocenters. The van der Waals surface area contributed by atoms with Crippen molar-refractivity contribution in [2.45, 2.75) is 19.1 Å². The molecule has 1 amide bonds. The van der Waals surface area contributed by atoms with E-state index in [4.69, 9.17) is 21.1 Å². The molecule has 7 nitrogen and oxygen atoms in total. The summed E-state index contributed by atoms with van der Waals surface area (Å²) in [5, 5.41) is 21.3. The van der Waals surface area contributed by atoms with Crippen LogP contribution in [0, 0.1) is 0 Å². The van der Waals surface area contributed by atoms with Gasteiger partial charge in [0.2, 0.25) is 0 Å². The standard InChI is InChI=1S/C22H22ClNO6/c1-12(25)11-24-19(16-9-8-15(29-2)10-17(16)30-3)18(21(27)22(24)28)20(26)13-4-6-14(23)7-5-13/h4-10,12,19,25-26H,11H2,1-3H3/t12-,19-/m0/s1. The molecule has 0 aliphatic carbocycles. The molecule has 1 aliphatic heterocycles. The zero-order valence-corrected chi connectivity index (χ0v) is 17.5. The Balaban J connectivity index is 2.24. The van der Waals surface area contributed by atoms with Crippen molar-refractivity contribution in [3.63, 3.8) is 0 Å².